The van der Waals surface area contributed by atoms with Gasteiger partial charge in [0.1, 0.15) is 11.3 Å². The summed E-state index contributed by atoms with van der Waals surface area (Å²) in [6.45, 7) is -0.739. The number of hydrogen-bond donors (Lipinski definition) is 0. The number of hydrogen-bond acceptors (Lipinski definition) is 5. The van der Waals surface area contributed by atoms with Crippen molar-refractivity contribution in [1.29, 1.82) is 0 Å². The summed E-state index contributed by atoms with van der Waals surface area (Å²) in [7, 11) is 1.37. The minimum atomic E-state index is -0.867. The van der Waals surface area contributed by atoms with Crippen molar-refractivity contribution in [1.82, 2.24) is 0 Å². The van der Waals surface area contributed by atoms with Crippen LogP contribution >= 0.6 is 0 Å². The number of benzene rings is 1. The lowest BCUT2D eigenvalue weighted by atomic mass is 10.1. The van der Waals surface area contributed by atoms with Crippen LogP contribution in [0.15, 0.2) is 18.2 Å². The van der Waals surface area contributed by atoms with Gasteiger partial charge >= 0.3 is 5.97 Å². The molecule has 0 aliphatic heterocycles. The third kappa shape index (κ3) is 3.41. The molecule has 0 aliphatic rings. The molecule has 18 heavy (non-hydrogen) atoms. The largest absolute Gasteiger partial charge is 0.497 e. The number of carbonyl (C=O) groups excluding carboxylic acids is 1. The van der Waals surface area contributed by atoms with Crippen molar-refractivity contribution in [3.05, 3.63) is 33.9 Å². The third-order valence-corrected chi connectivity index (χ3v) is 2.13. The number of carbonyl (C=O) groups is 1. The van der Waals surface area contributed by atoms with Crippen LogP contribution in [0.1, 0.15) is 16.8 Å². The van der Waals surface area contributed by atoms with Gasteiger partial charge in [0.15, 0.2) is 0 Å². The second-order valence-corrected chi connectivity index (χ2v) is 3.32. The first-order valence-electron chi connectivity index (χ1n) is 5.15. The zero-order chi connectivity index (χ0) is 13.5. The summed E-state index contributed by atoms with van der Waals surface area (Å²) < 4.78 is 21.4. The zero-order valence-corrected chi connectivity index (χ0v) is 9.72. The highest BCUT2D eigenvalue weighted by Gasteiger charge is 2.22. The first-order valence-corrected chi connectivity index (χ1v) is 5.15. The Morgan fingerprint density at radius 3 is 2.78 bits per heavy atom. The van der Waals surface area contributed by atoms with Crippen LogP contribution in [0.5, 0.6) is 5.75 Å². The standard InChI is InChI=1S/C11H12FNO5/c1-17-8-3-4-10(13(15)16)9(7-8)11(14)18-6-2-5-12/h3-4,7H,2,5-6H2,1H3. The fraction of sp³-hybridized carbons (Fsp3) is 0.364. The normalized spacial score (nSPS) is 9.89. The fourth-order valence-electron chi connectivity index (χ4n) is 1.26. The summed E-state index contributed by atoms with van der Waals surface area (Å²) in [5.74, 6) is -0.563. The van der Waals surface area contributed by atoms with Gasteiger partial charge in [0.25, 0.3) is 5.69 Å². The number of nitro benzene ring substituents is 1. The minimum Gasteiger partial charge on any atom is -0.497 e. The molecule has 0 heterocycles. The van der Waals surface area contributed by atoms with Crippen molar-refractivity contribution in [2.75, 3.05) is 20.4 Å². The van der Waals surface area contributed by atoms with Gasteiger partial charge in [-0.05, 0) is 6.07 Å². The smallest absolute Gasteiger partial charge is 0.345 e. The lowest BCUT2D eigenvalue weighted by molar-refractivity contribution is -0.385. The van der Waals surface area contributed by atoms with E-state index in [1.807, 2.05) is 0 Å². The second kappa shape index (κ2) is 6.53. The first kappa shape index (κ1) is 13.9. The molecule has 0 aromatic heterocycles. The van der Waals surface area contributed by atoms with Crippen LogP contribution in [-0.4, -0.2) is 31.3 Å². The number of halogens is 1. The Balaban J connectivity index is 2.96. The van der Waals surface area contributed by atoms with Gasteiger partial charge in [-0.3, -0.25) is 14.5 Å². The Morgan fingerprint density at radius 2 is 2.22 bits per heavy atom. The molecular formula is C11H12FNO5. The quantitative estimate of drug-likeness (QED) is 0.337. The van der Waals surface area contributed by atoms with Gasteiger partial charge in [-0.25, -0.2) is 4.79 Å². The number of nitrogens with zero attached hydrogens (tertiary/aromatic N) is 1. The highest BCUT2D eigenvalue weighted by atomic mass is 19.1. The maximum atomic E-state index is 11.9. The molecule has 0 radical (unpaired) electrons. The molecule has 0 unspecified atom stereocenters. The van der Waals surface area contributed by atoms with Crippen LogP contribution in [0.3, 0.4) is 0 Å². The molecule has 0 aliphatic carbocycles. The van der Waals surface area contributed by atoms with E-state index >= 15 is 0 Å². The number of methoxy groups -OCH3 is 1. The Kier molecular flexibility index (Phi) is 5.04. The van der Waals surface area contributed by atoms with Gasteiger partial charge < -0.3 is 9.47 Å². The Morgan fingerprint density at radius 1 is 1.50 bits per heavy atom. The summed E-state index contributed by atoms with van der Waals surface area (Å²) in [5.41, 5.74) is -0.584. The SMILES string of the molecule is COc1ccc([N+](=O)[O-])c(C(=O)OCCCF)c1. The Bertz CT molecular complexity index is 449. The van der Waals surface area contributed by atoms with Crippen LogP contribution in [0.25, 0.3) is 0 Å². The summed E-state index contributed by atoms with van der Waals surface area (Å²) in [5, 5.41) is 10.8. The summed E-state index contributed by atoms with van der Waals surface area (Å²) in [6.07, 6.45) is 0.0590. The van der Waals surface area contributed by atoms with E-state index < -0.39 is 17.6 Å². The van der Waals surface area contributed by atoms with Crippen molar-refractivity contribution in [2.24, 2.45) is 0 Å². The monoisotopic (exact) mass is 257 g/mol. The van der Waals surface area contributed by atoms with Gasteiger partial charge in [0, 0.05) is 18.6 Å². The van der Waals surface area contributed by atoms with Gasteiger partial charge in [-0.15, -0.1) is 0 Å². The number of nitro groups is 1. The molecule has 0 bridgehead atoms. The molecule has 6 nitrogen and oxygen atoms in total. The van der Waals surface area contributed by atoms with Gasteiger partial charge in [0.05, 0.1) is 25.3 Å². The topological polar surface area (TPSA) is 78.7 Å². The van der Waals surface area contributed by atoms with E-state index in [0.29, 0.717) is 5.75 Å². The predicted octanol–water partition coefficient (Wildman–Crippen LogP) is 2.12. The van der Waals surface area contributed by atoms with E-state index in [1.165, 1.54) is 19.2 Å². The molecule has 0 N–H and O–H groups in total. The maximum Gasteiger partial charge on any atom is 0.345 e. The third-order valence-electron chi connectivity index (χ3n) is 2.13. The molecule has 0 spiro atoms. The van der Waals surface area contributed by atoms with E-state index in [-0.39, 0.29) is 24.3 Å². The van der Waals surface area contributed by atoms with Gasteiger partial charge in [-0.2, -0.15) is 0 Å². The maximum absolute atomic E-state index is 11.9. The molecule has 0 atom stereocenters. The van der Waals surface area contributed by atoms with Gasteiger partial charge in [0.2, 0.25) is 0 Å². The number of rotatable bonds is 6. The van der Waals surface area contributed by atoms with Crippen LogP contribution in [0, 0.1) is 10.1 Å². The summed E-state index contributed by atoms with van der Waals surface area (Å²) >= 11 is 0. The van der Waals surface area contributed by atoms with E-state index in [1.54, 1.807) is 0 Å². The number of ether oxygens (including phenoxy) is 2. The number of esters is 1. The van der Waals surface area contributed by atoms with E-state index in [4.69, 9.17) is 9.47 Å². The zero-order valence-electron chi connectivity index (χ0n) is 9.72. The molecular weight excluding hydrogens is 245 g/mol. The van der Waals surface area contributed by atoms with E-state index in [9.17, 15) is 19.3 Å². The molecule has 0 fully saturated rings. The molecule has 1 aromatic rings. The van der Waals surface area contributed by atoms with Crippen molar-refractivity contribution >= 4 is 11.7 Å². The predicted molar refractivity (Wildman–Crippen MR) is 60.5 cm³/mol. The van der Waals surface area contributed by atoms with Crippen molar-refractivity contribution < 1.29 is 23.6 Å². The number of alkyl halides is 1. The average Bonchev–Trinajstić information content (AvgIpc) is 2.38. The van der Waals surface area contributed by atoms with Crippen molar-refractivity contribution in [2.45, 2.75) is 6.42 Å². The lowest BCUT2D eigenvalue weighted by Gasteiger charge is -2.06. The van der Waals surface area contributed by atoms with Crippen molar-refractivity contribution in [3.63, 3.8) is 0 Å². The van der Waals surface area contributed by atoms with Crippen LogP contribution < -0.4 is 4.74 Å². The fourth-order valence-corrected chi connectivity index (χ4v) is 1.26. The first-order chi connectivity index (χ1) is 8.60. The Labute approximate surface area is 102 Å². The van der Waals surface area contributed by atoms with Crippen LogP contribution in [0.2, 0.25) is 0 Å². The van der Waals surface area contributed by atoms with Crippen LogP contribution in [0.4, 0.5) is 10.1 Å². The molecule has 1 rings (SSSR count). The van der Waals surface area contributed by atoms with Gasteiger partial charge in [-0.1, -0.05) is 0 Å². The molecule has 1 aromatic carbocycles. The van der Waals surface area contributed by atoms with E-state index in [2.05, 4.69) is 0 Å². The highest BCUT2D eigenvalue weighted by Crippen LogP contribution is 2.24. The second-order valence-electron chi connectivity index (χ2n) is 3.32. The Hall–Kier alpha value is -2.18. The average molecular weight is 257 g/mol. The molecule has 0 saturated heterocycles. The van der Waals surface area contributed by atoms with Crippen LogP contribution in [-0.2, 0) is 4.74 Å². The molecule has 98 valence electrons. The van der Waals surface area contributed by atoms with Crippen molar-refractivity contribution in [3.8, 4) is 5.75 Å². The highest BCUT2D eigenvalue weighted by molar-refractivity contribution is 5.94. The lowest BCUT2D eigenvalue weighted by Crippen LogP contribution is -2.09. The minimum absolute atomic E-state index is 0.0590. The van der Waals surface area contributed by atoms with E-state index in [0.717, 1.165) is 6.07 Å². The summed E-state index contributed by atoms with van der Waals surface area (Å²) in [4.78, 5) is 21.7. The molecule has 7 heteroatoms. The molecule has 0 saturated carbocycles. The summed E-state index contributed by atoms with van der Waals surface area (Å²) in [6, 6.07) is 3.75. The molecule has 0 amide bonds.